The molecule has 1 unspecified atom stereocenters. The van der Waals surface area contributed by atoms with Gasteiger partial charge in [-0.25, -0.2) is 9.79 Å². The van der Waals surface area contributed by atoms with E-state index in [0.717, 1.165) is 11.1 Å². The van der Waals surface area contributed by atoms with Gasteiger partial charge >= 0.3 is 5.97 Å². The summed E-state index contributed by atoms with van der Waals surface area (Å²) in [4.78, 5) is 32.9. The molecule has 1 aliphatic rings. The highest BCUT2D eigenvalue weighted by molar-refractivity contribution is 7.07. The summed E-state index contributed by atoms with van der Waals surface area (Å²) in [5, 5.41) is 10.1. The molecule has 0 radical (unpaired) electrons. The van der Waals surface area contributed by atoms with Crippen LogP contribution in [0.4, 0.5) is 0 Å². The molecule has 0 spiro atoms. The highest BCUT2D eigenvalue weighted by Crippen LogP contribution is 2.32. The predicted molar refractivity (Wildman–Crippen MR) is 176 cm³/mol. The van der Waals surface area contributed by atoms with Crippen LogP contribution in [-0.2, 0) is 22.7 Å². The minimum Gasteiger partial charge on any atom is -0.504 e. The first-order valence-electron chi connectivity index (χ1n) is 14.9. The van der Waals surface area contributed by atoms with Gasteiger partial charge in [0.2, 0.25) is 0 Å². The number of aromatic hydroxyl groups is 1. The van der Waals surface area contributed by atoms with Crippen LogP contribution in [0.2, 0.25) is 0 Å². The number of carbonyl (C=O) groups excluding carboxylic acids is 1. The number of hydrogen-bond acceptors (Lipinski definition) is 8. The topological polar surface area (TPSA) is 99.4 Å². The highest BCUT2D eigenvalue weighted by Gasteiger charge is 2.33. The van der Waals surface area contributed by atoms with Gasteiger partial charge in [0.25, 0.3) is 5.56 Å². The number of phenolic OH excluding ortho intramolecular Hbond substituents is 1. The molecule has 0 saturated carbocycles. The van der Waals surface area contributed by atoms with Gasteiger partial charge in [0.1, 0.15) is 19.0 Å². The lowest BCUT2D eigenvalue weighted by Gasteiger charge is -2.25. The first kappa shape index (κ1) is 30.6. The molecule has 1 aliphatic heterocycles. The second kappa shape index (κ2) is 13.7. The third-order valence-electron chi connectivity index (χ3n) is 7.48. The number of benzene rings is 4. The normalized spacial score (nSPS) is 14.4. The molecule has 4 aromatic carbocycles. The standard InChI is InChI=1S/C37H32N2O6S/c1-3-43-31-20-27(14-19-30(31)40)21-32-35(41)39-34(28-15-17-29(18-16-28)44-22-25-10-6-4-7-11-25)33(24(2)38-37(39)46-32)36(42)45-23-26-12-8-5-9-13-26/h4-21,34,40H,3,22-23H2,1-2H3/b32-21-. The van der Waals surface area contributed by atoms with Crippen molar-refractivity contribution in [1.82, 2.24) is 4.57 Å². The number of carbonyl (C=O) groups is 1. The molecule has 0 saturated heterocycles. The number of phenols is 1. The van der Waals surface area contributed by atoms with Gasteiger partial charge in [-0.1, -0.05) is 90.2 Å². The Bertz CT molecular complexity index is 2070. The summed E-state index contributed by atoms with van der Waals surface area (Å²) in [5.74, 6) is 0.460. The fourth-order valence-electron chi connectivity index (χ4n) is 5.23. The van der Waals surface area contributed by atoms with Crippen molar-refractivity contribution in [3.8, 4) is 17.2 Å². The van der Waals surface area contributed by atoms with Gasteiger partial charge in [-0.2, -0.15) is 0 Å². The Morgan fingerprint density at radius 2 is 1.59 bits per heavy atom. The van der Waals surface area contributed by atoms with Crippen molar-refractivity contribution in [3.63, 3.8) is 0 Å². The van der Waals surface area contributed by atoms with Gasteiger partial charge in [-0.15, -0.1) is 0 Å². The molecular formula is C37H32N2O6S. The smallest absolute Gasteiger partial charge is 0.338 e. The van der Waals surface area contributed by atoms with E-state index in [9.17, 15) is 14.7 Å². The summed E-state index contributed by atoms with van der Waals surface area (Å²) in [6.07, 6.45) is 1.73. The number of nitrogens with zero attached hydrogens (tertiary/aromatic N) is 2. The Labute approximate surface area is 269 Å². The molecule has 9 heteroatoms. The average molecular weight is 633 g/mol. The molecule has 1 N–H and O–H groups in total. The molecule has 1 atom stereocenters. The Kier molecular flexibility index (Phi) is 9.12. The molecule has 0 amide bonds. The number of thiazole rings is 1. The molecular weight excluding hydrogens is 600 g/mol. The maximum Gasteiger partial charge on any atom is 0.338 e. The lowest BCUT2D eigenvalue weighted by molar-refractivity contribution is -0.140. The van der Waals surface area contributed by atoms with Crippen LogP contribution in [0.1, 0.15) is 42.1 Å². The minimum absolute atomic E-state index is 0.0194. The first-order chi connectivity index (χ1) is 22.4. The number of rotatable bonds is 10. The summed E-state index contributed by atoms with van der Waals surface area (Å²) in [7, 11) is 0. The Morgan fingerprint density at radius 3 is 2.26 bits per heavy atom. The number of hydrogen-bond donors (Lipinski definition) is 1. The summed E-state index contributed by atoms with van der Waals surface area (Å²) in [6.45, 7) is 4.47. The molecule has 2 heterocycles. The lowest BCUT2D eigenvalue weighted by Crippen LogP contribution is -2.39. The second-order valence-electron chi connectivity index (χ2n) is 10.6. The molecule has 232 valence electrons. The Morgan fingerprint density at radius 1 is 0.913 bits per heavy atom. The van der Waals surface area contributed by atoms with Crippen molar-refractivity contribution < 1.29 is 24.1 Å². The monoisotopic (exact) mass is 632 g/mol. The summed E-state index contributed by atoms with van der Waals surface area (Å²) < 4.78 is 19.3. The Hall–Kier alpha value is -5.41. The van der Waals surface area contributed by atoms with Crippen LogP contribution in [0.15, 0.2) is 124 Å². The van der Waals surface area contributed by atoms with Crippen LogP contribution in [0.3, 0.4) is 0 Å². The molecule has 5 aromatic rings. The zero-order valence-corrected chi connectivity index (χ0v) is 26.2. The van der Waals surface area contributed by atoms with Crippen LogP contribution in [0.5, 0.6) is 17.2 Å². The van der Waals surface area contributed by atoms with Gasteiger partial charge in [-0.05, 0) is 66.4 Å². The third kappa shape index (κ3) is 6.64. The molecule has 6 rings (SSSR count). The number of fused-ring (bicyclic) bond motifs is 1. The van der Waals surface area contributed by atoms with Crippen LogP contribution in [-0.4, -0.2) is 22.2 Å². The van der Waals surface area contributed by atoms with E-state index >= 15 is 0 Å². The first-order valence-corrected chi connectivity index (χ1v) is 15.7. The summed E-state index contributed by atoms with van der Waals surface area (Å²) in [5.41, 5.74) is 3.75. The predicted octanol–water partition coefficient (Wildman–Crippen LogP) is 5.66. The van der Waals surface area contributed by atoms with Crippen LogP contribution >= 0.6 is 11.3 Å². The number of aromatic nitrogens is 1. The van der Waals surface area contributed by atoms with Crippen LogP contribution in [0.25, 0.3) is 6.08 Å². The van der Waals surface area contributed by atoms with Gasteiger partial charge in [0, 0.05) is 0 Å². The third-order valence-corrected chi connectivity index (χ3v) is 8.46. The maximum absolute atomic E-state index is 14.1. The minimum atomic E-state index is -0.774. The fourth-order valence-corrected chi connectivity index (χ4v) is 6.28. The highest BCUT2D eigenvalue weighted by atomic mass is 32.1. The van der Waals surface area contributed by atoms with E-state index in [4.69, 9.17) is 19.2 Å². The van der Waals surface area contributed by atoms with Gasteiger partial charge in [-0.3, -0.25) is 9.36 Å². The molecule has 1 aromatic heterocycles. The number of ether oxygens (including phenoxy) is 3. The van der Waals surface area contributed by atoms with Crippen LogP contribution < -0.4 is 24.4 Å². The SMILES string of the molecule is CCOc1cc(/C=c2\sc3n(c2=O)C(c2ccc(OCc4ccccc4)cc2)C(C(=O)OCc2ccccc2)=C(C)N=3)ccc1O. The van der Waals surface area contributed by atoms with Crippen molar-refractivity contribution in [3.05, 3.63) is 156 Å². The quantitative estimate of drug-likeness (QED) is 0.200. The molecule has 46 heavy (non-hydrogen) atoms. The van der Waals surface area contributed by atoms with Crippen LogP contribution in [0, 0.1) is 0 Å². The molecule has 0 bridgehead atoms. The fraction of sp³-hybridized carbons (Fsp3) is 0.162. The number of esters is 1. The van der Waals surface area contributed by atoms with Crippen molar-refractivity contribution in [2.75, 3.05) is 6.61 Å². The largest absolute Gasteiger partial charge is 0.504 e. The molecule has 0 aliphatic carbocycles. The second-order valence-corrected chi connectivity index (χ2v) is 11.7. The molecule has 0 fully saturated rings. The number of allylic oxidation sites excluding steroid dienone is 1. The lowest BCUT2D eigenvalue weighted by atomic mass is 9.96. The zero-order chi connectivity index (χ0) is 32.0. The van der Waals surface area contributed by atoms with E-state index in [-0.39, 0.29) is 23.5 Å². The average Bonchev–Trinajstić information content (AvgIpc) is 3.38. The van der Waals surface area contributed by atoms with Gasteiger partial charge in [0.15, 0.2) is 16.3 Å². The van der Waals surface area contributed by atoms with E-state index in [1.54, 1.807) is 29.7 Å². The van der Waals surface area contributed by atoms with E-state index in [0.29, 0.717) is 50.9 Å². The van der Waals surface area contributed by atoms with Crippen molar-refractivity contribution in [2.24, 2.45) is 4.99 Å². The Balaban J connectivity index is 1.38. The van der Waals surface area contributed by atoms with E-state index in [1.165, 1.54) is 17.4 Å². The van der Waals surface area contributed by atoms with Crippen molar-refractivity contribution >= 4 is 23.4 Å². The van der Waals surface area contributed by atoms with E-state index in [2.05, 4.69) is 0 Å². The van der Waals surface area contributed by atoms with E-state index < -0.39 is 12.0 Å². The summed E-state index contributed by atoms with van der Waals surface area (Å²) >= 11 is 1.23. The van der Waals surface area contributed by atoms with Gasteiger partial charge in [0.05, 0.1) is 28.5 Å². The van der Waals surface area contributed by atoms with E-state index in [1.807, 2.05) is 91.9 Å². The zero-order valence-electron chi connectivity index (χ0n) is 25.4. The maximum atomic E-state index is 14.1. The van der Waals surface area contributed by atoms with Crippen molar-refractivity contribution in [2.45, 2.75) is 33.1 Å². The van der Waals surface area contributed by atoms with Crippen molar-refractivity contribution in [1.29, 1.82) is 0 Å². The molecule has 8 nitrogen and oxygen atoms in total. The van der Waals surface area contributed by atoms with Gasteiger partial charge < -0.3 is 19.3 Å². The summed E-state index contributed by atoms with van der Waals surface area (Å²) in [6, 6.07) is 30.8.